The predicted octanol–water partition coefficient (Wildman–Crippen LogP) is 1.98. The summed E-state index contributed by atoms with van der Waals surface area (Å²) in [6.07, 6.45) is 6.55. The average molecular weight is 253 g/mol. The van der Waals surface area contributed by atoms with Gasteiger partial charge in [0.15, 0.2) is 0 Å². The second kappa shape index (κ2) is 5.57. The van der Waals surface area contributed by atoms with Gasteiger partial charge in [-0.1, -0.05) is 26.7 Å². The van der Waals surface area contributed by atoms with Crippen LogP contribution < -0.4 is 5.73 Å². The highest BCUT2D eigenvalue weighted by molar-refractivity contribution is 5.82. The Morgan fingerprint density at radius 3 is 2.83 bits per heavy atom. The van der Waals surface area contributed by atoms with E-state index >= 15 is 0 Å². The van der Waals surface area contributed by atoms with Gasteiger partial charge in [0.05, 0.1) is 18.5 Å². The van der Waals surface area contributed by atoms with Crippen molar-refractivity contribution in [2.75, 3.05) is 19.7 Å². The molecule has 2 unspecified atom stereocenters. The molecule has 1 saturated heterocycles. The number of rotatable bonds is 4. The molecule has 0 spiro atoms. The number of hydrogen-bond acceptors (Lipinski definition) is 3. The molecule has 0 amide bonds. The minimum absolute atomic E-state index is 0.178. The average Bonchev–Trinajstić information content (AvgIpc) is 2.36. The Bertz CT molecular complexity index is 301. The van der Waals surface area contributed by atoms with Crippen molar-refractivity contribution in [1.29, 1.82) is 5.41 Å². The van der Waals surface area contributed by atoms with Crippen molar-refractivity contribution in [3.8, 4) is 0 Å². The van der Waals surface area contributed by atoms with Crippen molar-refractivity contribution < 1.29 is 4.74 Å². The molecule has 2 aliphatic rings. The maximum Gasteiger partial charge on any atom is 0.0963 e. The first kappa shape index (κ1) is 13.8. The summed E-state index contributed by atoms with van der Waals surface area (Å²) < 4.78 is 5.88. The Balaban J connectivity index is 1.90. The molecule has 3 N–H and O–H groups in total. The van der Waals surface area contributed by atoms with Gasteiger partial charge in [0.25, 0.3) is 0 Å². The molecule has 4 nitrogen and oxygen atoms in total. The summed E-state index contributed by atoms with van der Waals surface area (Å²) in [6, 6.07) is 0.607. The smallest absolute Gasteiger partial charge is 0.0963 e. The molecule has 4 heteroatoms. The van der Waals surface area contributed by atoms with E-state index in [2.05, 4.69) is 18.7 Å². The summed E-state index contributed by atoms with van der Waals surface area (Å²) in [4.78, 5) is 2.57. The monoisotopic (exact) mass is 253 g/mol. The van der Waals surface area contributed by atoms with E-state index in [1.165, 1.54) is 25.7 Å². The molecule has 1 aliphatic carbocycles. The molecular formula is C14H27N3O. The van der Waals surface area contributed by atoms with Crippen molar-refractivity contribution in [1.82, 2.24) is 4.90 Å². The number of ether oxygens (including phenoxy) is 1. The van der Waals surface area contributed by atoms with Crippen LogP contribution in [0.2, 0.25) is 0 Å². The molecule has 1 saturated carbocycles. The van der Waals surface area contributed by atoms with Gasteiger partial charge in [-0.2, -0.15) is 0 Å². The molecule has 2 atom stereocenters. The van der Waals surface area contributed by atoms with E-state index in [1.807, 2.05) is 0 Å². The lowest BCUT2D eigenvalue weighted by Crippen LogP contribution is -2.53. The summed E-state index contributed by atoms with van der Waals surface area (Å²) in [6.45, 7) is 7.07. The quantitative estimate of drug-likeness (QED) is 0.595. The van der Waals surface area contributed by atoms with E-state index in [9.17, 15) is 0 Å². The molecule has 1 heterocycles. The van der Waals surface area contributed by atoms with Gasteiger partial charge in [0, 0.05) is 18.0 Å². The highest BCUT2D eigenvalue weighted by Crippen LogP contribution is 2.30. The van der Waals surface area contributed by atoms with Crippen LogP contribution in [0.4, 0.5) is 0 Å². The fourth-order valence-electron chi connectivity index (χ4n) is 3.01. The SMILES string of the molecule is CC(C)(CCN1CCOC2CCCCC21)C(=N)N. The Morgan fingerprint density at radius 2 is 2.11 bits per heavy atom. The maximum absolute atomic E-state index is 7.63. The third-order valence-electron chi connectivity index (χ3n) is 4.60. The van der Waals surface area contributed by atoms with Crippen molar-refractivity contribution in [3.05, 3.63) is 0 Å². The van der Waals surface area contributed by atoms with Gasteiger partial charge in [0.2, 0.25) is 0 Å². The molecule has 2 rings (SSSR count). The predicted molar refractivity (Wildman–Crippen MR) is 73.9 cm³/mol. The van der Waals surface area contributed by atoms with Gasteiger partial charge >= 0.3 is 0 Å². The first-order chi connectivity index (χ1) is 8.50. The molecule has 1 aliphatic heterocycles. The molecule has 0 bridgehead atoms. The standard InChI is InChI=1S/C14H27N3O/c1-14(2,13(15)16)7-8-17-9-10-18-12-6-4-3-5-11(12)17/h11-12H,3-10H2,1-2H3,(H3,15,16). The minimum Gasteiger partial charge on any atom is -0.387 e. The summed E-state index contributed by atoms with van der Waals surface area (Å²) >= 11 is 0. The Morgan fingerprint density at radius 1 is 1.39 bits per heavy atom. The topological polar surface area (TPSA) is 62.3 Å². The lowest BCUT2D eigenvalue weighted by Gasteiger charge is -2.44. The van der Waals surface area contributed by atoms with Gasteiger partial charge in [0.1, 0.15) is 0 Å². The van der Waals surface area contributed by atoms with Gasteiger partial charge in [-0.15, -0.1) is 0 Å². The number of morpholine rings is 1. The van der Waals surface area contributed by atoms with Crippen LogP contribution in [-0.2, 0) is 4.74 Å². The van der Waals surface area contributed by atoms with Crippen molar-refractivity contribution in [2.24, 2.45) is 11.1 Å². The van der Waals surface area contributed by atoms with E-state index in [1.54, 1.807) is 0 Å². The number of amidine groups is 1. The Kier molecular flexibility index (Phi) is 4.28. The van der Waals surface area contributed by atoms with E-state index in [0.717, 1.165) is 26.1 Å². The first-order valence-corrected chi connectivity index (χ1v) is 7.21. The lowest BCUT2D eigenvalue weighted by molar-refractivity contribution is -0.0894. The molecule has 0 radical (unpaired) electrons. The van der Waals surface area contributed by atoms with Crippen LogP contribution >= 0.6 is 0 Å². The number of nitrogens with zero attached hydrogens (tertiary/aromatic N) is 1. The summed E-state index contributed by atoms with van der Waals surface area (Å²) in [7, 11) is 0. The highest BCUT2D eigenvalue weighted by atomic mass is 16.5. The number of nitrogens with two attached hydrogens (primary N) is 1. The summed E-state index contributed by atoms with van der Waals surface area (Å²) in [5.74, 6) is 0.302. The Hall–Kier alpha value is -0.610. The maximum atomic E-state index is 7.63. The van der Waals surface area contributed by atoms with E-state index in [0.29, 0.717) is 18.0 Å². The van der Waals surface area contributed by atoms with Crippen LogP contribution in [0.15, 0.2) is 0 Å². The molecular weight excluding hydrogens is 226 g/mol. The van der Waals surface area contributed by atoms with Crippen LogP contribution in [-0.4, -0.2) is 42.6 Å². The van der Waals surface area contributed by atoms with Crippen molar-refractivity contribution >= 4 is 5.84 Å². The molecule has 104 valence electrons. The van der Waals surface area contributed by atoms with E-state index < -0.39 is 0 Å². The van der Waals surface area contributed by atoms with Crippen LogP contribution in [0.5, 0.6) is 0 Å². The zero-order chi connectivity index (χ0) is 13.2. The molecule has 0 aromatic heterocycles. The van der Waals surface area contributed by atoms with E-state index in [-0.39, 0.29) is 5.41 Å². The summed E-state index contributed by atoms with van der Waals surface area (Å²) in [5.41, 5.74) is 5.48. The van der Waals surface area contributed by atoms with E-state index in [4.69, 9.17) is 15.9 Å². The highest BCUT2D eigenvalue weighted by Gasteiger charge is 2.34. The van der Waals surface area contributed by atoms with Crippen LogP contribution in [0.1, 0.15) is 46.0 Å². The fraction of sp³-hybridized carbons (Fsp3) is 0.929. The fourth-order valence-corrected chi connectivity index (χ4v) is 3.01. The minimum atomic E-state index is -0.178. The second-order valence-electron chi connectivity index (χ2n) is 6.34. The van der Waals surface area contributed by atoms with Gasteiger partial charge in [-0.25, -0.2) is 0 Å². The number of fused-ring (bicyclic) bond motifs is 1. The third kappa shape index (κ3) is 3.04. The van der Waals surface area contributed by atoms with Crippen LogP contribution in [0.3, 0.4) is 0 Å². The zero-order valence-electron chi connectivity index (χ0n) is 11.7. The largest absolute Gasteiger partial charge is 0.387 e. The number of nitrogens with one attached hydrogen (secondary N) is 1. The van der Waals surface area contributed by atoms with Crippen LogP contribution in [0.25, 0.3) is 0 Å². The van der Waals surface area contributed by atoms with Gasteiger partial charge in [-0.3, -0.25) is 10.3 Å². The Labute approximate surface area is 110 Å². The third-order valence-corrected chi connectivity index (χ3v) is 4.60. The second-order valence-corrected chi connectivity index (χ2v) is 6.34. The van der Waals surface area contributed by atoms with Crippen LogP contribution in [0, 0.1) is 10.8 Å². The molecule has 0 aromatic rings. The normalized spacial score (nSPS) is 29.9. The zero-order valence-corrected chi connectivity index (χ0v) is 11.7. The van der Waals surface area contributed by atoms with Crippen molar-refractivity contribution in [2.45, 2.75) is 58.1 Å². The molecule has 0 aromatic carbocycles. The molecule has 18 heavy (non-hydrogen) atoms. The first-order valence-electron chi connectivity index (χ1n) is 7.21. The van der Waals surface area contributed by atoms with Gasteiger partial charge < -0.3 is 10.5 Å². The lowest BCUT2D eigenvalue weighted by atomic mass is 9.86. The summed E-state index contributed by atoms with van der Waals surface area (Å²) in [5, 5.41) is 7.63. The number of hydrogen-bond donors (Lipinski definition) is 2. The van der Waals surface area contributed by atoms with Crippen molar-refractivity contribution in [3.63, 3.8) is 0 Å². The van der Waals surface area contributed by atoms with Gasteiger partial charge in [-0.05, 0) is 25.8 Å². The molecule has 2 fully saturated rings.